The summed E-state index contributed by atoms with van der Waals surface area (Å²) in [5.74, 6) is -4.24. The minimum absolute atomic E-state index is 0.0657. The quantitative estimate of drug-likeness (QED) is 0.125. The van der Waals surface area contributed by atoms with Crippen LogP contribution in [0.25, 0.3) is 0 Å². The number of cyclic esters (lactones) is 1. The summed E-state index contributed by atoms with van der Waals surface area (Å²) in [5.41, 5.74) is -4.68. The van der Waals surface area contributed by atoms with E-state index in [4.69, 9.17) is 28.4 Å². The molecule has 0 amide bonds. The van der Waals surface area contributed by atoms with Crippen molar-refractivity contribution in [1.29, 1.82) is 0 Å². The Labute approximate surface area is 309 Å². The second-order valence-corrected chi connectivity index (χ2v) is 16.6. The molecule has 3 fully saturated rings. The van der Waals surface area contributed by atoms with Crippen molar-refractivity contribution in [1.82, 2.24) is 4.90 Å². The fourth-order valence-corrected chi connectivity index (χ4v) is 8.61. The zero-order valence-corrected chi connectivity index (χ0v) is 33.4. The van der Waals surface area contributed by atoms with Gasteiger partial charge in [0.05, 0.1) is 53.4 Å². The van der Waals surface area contributed by atoms with Crippen LogP contribution in [0.15, 0.2) is 5.16 Å². The van der Waals surface area contributed by atoms with E-state index < -0.39 is 102 Å². The molecule has 1 unspecified atom stereocenters. The highest BCUT2D eigenvalue weighted by Gasteiger charge is 2.53. The van der Waals surface area contributed by atoms with Crippen LogP contribution in [0.5, 0.6) is 0 Å². The van der Waals surface area contributed by atoms with E-state index in [-0.39, 0.29) is 37.1 Å². The predicted molar refractivity (Wildman–Crippen MR) is 190 cm³/mol. The van der Waals surface area contributed by atoms with Crippen molar-refractivity contribution in [3.05, 3.63) is 0 Å². The molecule has 3 aliphatic rings. The lowest BCUT2D eigenvalue weighted by Crippen LogP contribution is -2.61. The van der Waals surface area contributed by atoms with Gasteiger partial charge in [0.2, 0.25) is 0 Å². The van der Waals surface area contributed by atoms with Crippen LogP contribution in [-0.2, 0) is 33.2 Å². The highest BCUT2D eigenvalue weighted by molar-refractivity contribution is 5.88. The molecule has 0 spiro atoms. The molecule has 0 aromatic rings. The third-order valence-electron chi connectivity index (χ3n) is 12.0. The van der Waals surface area contributed by atoms with Crippen LogP contribution < -0.4 is 0 Å². The summed E-state index contributed by atoms with van der Waals surface area (Å²) in [7, 11) is 5.19. The minimum atomic E-state index is -1.97. The molecule has 0 bridgehead atoms. The predicted octanol–water partition coefficient (Wildman–Crippen LogP) is 2.05. The van der Waals surface area contributed by atoms with E-state index in [0.717, 1.165) is 0 Å². The molecule has 18 atom stereocenters. The lowest BCUT2D eigenvalue weighted by molar-refractivity contribution is -0.317. The number of hydrogen-bond acceptors (Lipinski definition) is 15. The van der Waals surface area contributed by atoms with E-state index in [2.05, 4.69) is 5.16 Å². The molecule has 3 saturated heterocycles. The Morgan fingerprint density at radius 2 is 1.54 bits per heavy atom. The maximum atomic E-state index is 14.1. The third kappa shape index (κ3) is 9.47. The lowest BCUT2D eigenvalue weighted by atomic mass is 9.73. The van der Waals surface area contributed by atoms with Gasteiger partial charge in [0, 0.05) is 37.3 Å². The molecule has 304 valence electrons. The number of hydrogen-bond donors (Lipinski definition) is 6. The molecule has 3 rings (SSSR count). The molecule has 0 aliphatic carbocycles. The van der Waals surface area contributed by atoms with Crippen molar-refractivity contribution >= 4 is 11.7 Å². The van der Waals surface area contributed by atoms with Crippen molar-refractivity contribution in [3.63, 3.8) is 0 Å². The Hall–Kier alpha value is -1.50. The van der Waals surface area contributed by atoms with E-state index in [1.165, 1.54) is 14.0 Å². The fourth-order valence-electron chi connectivity index (χ4n) is 8.61. The maximum Gasteiger partial charge on any atom is 0.311 e. The van der Waals surface area contributed by atoms with Gasteiger partial charge >= 0.3 is 5.97 Å². The summed E-state index contributed by atoms with van der Waals surface area (Å²) in [6.45, 7) is 16.6. The Kier molecular flexibility index (Phi) is 15.1. The molecular formula is C37H68N2O13. The smallest absolute Gasteiger partial charge is 0.311 e. The van der Waals surface area contributed by atoms with Crippen LogP contribution in [0.2, 0.25) is 0 Å². The topological polar surface area (TPSA) is 209 Å². The maximum absolute atomic E-state index is 14.1. The zero-order chi connectivity index (χ0) is 39.7. The van der Waals surface area contributed by atoms with Crippen molar-refractivity contribution in [2.75, 3.05) is 21.2 Å². The number of oxime groups is 1. The van der Waals surface area contributed by atoms with Crippen LogP contribution >= 0.6 is 0 Å². The van der Waals surface area contributed by atoms with Gasteiger partial charge in [0.1, 0.15) is 23.9 Å². The Bertz CT molecular complexity index is 1200. The average Bonchev–Trinajstić information content (AvgIpc) is 3.06. The second kappa shape index (κ2) is 17.5. The Morgan fingerprint density at radius 1 is 0.923 bits per heavy atom. The Morgan fingerprint density at radius 3 is 2.08 bits per heavy atom. The molecule has 15 heteroatoms. The second-order valence-electron chi connectivity index (χ2n) is 16.6. The summed E-state index contributed by atoms with van der Waals surface area (Å²) >= 11 is 0. The number of likely N-dealkylation sites (N-methyl/N-ethyl adjacent to an activating group) is 1. The summed E-state index contributed by atoms with van der Waals surface area (Å²) in [4.78, 5) is 16.0. The van der Waals surface area contributed by atoms with E-state index in [1.807, 2.05) is 25.9 Å². The van der Waals surface area contributed by atoms with E-state index in [0.29, 0.717) is 6.42 Å². The Balaban J connectivity index is 2.21. The monoisotopic (exact) mass is 748 g/mol. The molecule has 3 aliphatic heterocycles. The summed E-state index contributed by atoms with van der Waals surface area (Å²) in [6.07, 6.45) is -9.51. The van der Waals surface area contributed by atoms with Gasteiger partial charge in [-0.2, -0.15) is 0 Å². The molecule has 0 aromatic carbocycles. The number of carbonyl (C=O) groups excluding carboxylic acids is 1. The highest BCUT2D eigenvalue weighted by Crippen LogP contribution is 2.41. The van der Waals surface area contributed by atoms with Crippen LogP contribution in [0, 0.1) is 23.7 Å². The molecule has 6 N–H and O–H groups in total. The first-order valence-electron chi connectivity index (χ1n) is 18.7. The van der Waals surface area contributed by atoms with Crippen molar-refractivity contribution in [2.45, 2.75) is 179 Å². The molecule has 15 nitrogen and oxygen atoms in total. The largest absolute Gasteiger partial charge is 0.459 e. The first kappa shape index (κ1) is 44.9. The number of carbonyl (C=O) groups is 1. The van der Waals surface area contributed by atoms with Crippen molar-refractivity contribution in [3.8, 4) is 0 Å². The molecule has 3 heterocycles. The van der Waals surface area contributed by atoms with Crippen LogP contribution in [-0.4, -0.2) is 153 Å². The normalized spacial score (nSPS) is 49.8. The van der Waals surface area contributed by atoms with Gasteiger partial charge < -0.3 is 64.1 Å². The van der Waals surface area contributed by atoms with Crippen LogP contribution in [0.3, 0.4) is 0 Å². The van der Waals surface area contributed by atoms with Gasteiger partial charge in [0.15, 0.2) is 12.6 Å². The number of esters is 1. The zero-order valence-electron chi connectivity index (χ0n) is 33.4. The van der Waals surface area contributed by atoms with Crippen molar-refractivity contribution in [2.24, 2.45) is 28.8 Å². The number of methoxy groups -OCH3 is 1. The third-order valence-corrected chi connectivity index (χ3v) is 12.0. The van der Waals surface area contributed by atoms with Crippen LogP contribution in [0.1, 0.15) is 94.9 Å². The molecular weight excluding hydrogens is 680 g/mol. The van der Waals surface area contributed by atoms with Gasteiger partial charge in [-0.3, -0.25) is 4.79 Å². The van der Waals surface area contributed by atoms with Gasteiger partial charge in [-0.1, -0.05) is 32.9 Å². The molecule has 0 aromatic heterocycles. The number of aliphatic hydroxyl groups is 5. The van der Waals surface area contributed by atoms with Gasteiger partial charge in [0.25, 0.3) is 0 Å². The molecule has 0 radical (unpaired) electrons. The van der Waals surface area contributed by atoms with Crippen molar-refractivity contribution < 1.29 is 64.0 Å². The molecule has 52 heavy (non-hydrogen) atoms. The number of aliphatic hydroxyl groups excluding tert-OH is 3. The van der Waals surface area contributed by atoms with Gasteiger partial charge in [-0.15, -0.1) is 0 Å². The number of rotatable bonds is 7. The first-order chi connectivity index (χ1) is 24.0. The minimum Gasteiger partial charge on any atom is -0.459 e. The SMILES string of the molecule is CC[C@@H]1OC(=O)[C@@H](C)C(O[C@@H]2C[C@](C)(OC)[C@H](O)[C@@H](C)O2)[C@@H](C)[C@H](O[C@H]2O[C@@H](C)C[C@@H](N(C)C)[C@@H]2O)[C@@](C)(O)C[C@H](C)/C(=N\O)[C@@H](C)[C@H](O)[C@@]1(C)O. The fraction of sp³-hybridized carbons (Fsp3) is 0.946. The van der Waals surface area contributed by atoms with Crippen LogP contribution in [0.4, 0.5) is 0 Å². The van der Waals surface area contributed by atoms with E-state index >= 15 is 0 Å². The number of nitrogens with zero attached hydrogens (tertiary/aromatic N) is 2. The first-order valence-corrected chi connectivity index (χ1v) is 18.7. The standard InChI is InChI=1S/C37H68N2O13/c1-14-25-37(10,45)30(41)20(4)27(38-46)18(2)16-35(8,44)32(52-34-28(40)24(39(11)12)15-19(3)48-34)21(5)29(22(6)33(43)50-25)51-26-17-36(9,47-13)31(42)23(7)49-26/h18-26,28-32,34,40-42,44-46H,14-17H2,1-13H3/b38-27+/t18-,19-,20+,21+,22-,23+,24+,25-,26+,28-,29?,30-,31+,32-,34+,35-,36-,37-/m0/s1. The lowest BCUT2D eigenvalue weighted by Gasteiger charge is -2.49. The highest BCUT2D eigenvalue weighted by atomic mass is 16.7. The van der Waals surface area contributed by atoms with E-state index in [1.54, 1.807) is 55.4 Å². The summed E-state index contributed by atoms with van der Waals surface area (Å²) in [6, 6.07) is -0.322. The molecule has 0 saturated carbocycles. The summed E-state index contributed by atoms with van der Waals surface area (Å²) < 4.78 is 37.2. The van der Waals surface area contributed by atoms with Gasteiger partial charge in [-0.25, -0.2) is 0 Å². The number of ether oxygens (including phenoxy) is 6. The van der Waals surface area contributed by atoms with E-state index in [9.17, 15) is 35.5 Å². The average molecular weight is 749 g/mol. The van der Waals surface area contributed by atoms with Gasteiger partial charge in [-0.05, 0) is 74.9 Å². The summed E-state index contributed by atoms with van der Waals surface area (Å²) in [5, 5.41) is 71.8.